The number of hydrogen-bond donors (Lipinski definition) is 0. The maximum Gasteiger partial charge on any atom is 0.416 e. The van der Waals surface area contributed by atoms with Gasteiger partial charge in [0.1, 0.15) is 16.6 Å². The zero-order valence-electron chi connectivity index (χ0n) is 12.8. The molecule has 2 aromatic heterocycles. The molecule has 0 bridgehead atoms. The highest BCUT2D eigenvalue weighted by molar-refractivity contribution is 6.29. The maximum atomic E-state index is 12.5. The molecule has 22 heavy (non-hydrogen) atoms. The van der Waals surface area contributed by atoms with Crippen LogP contribution in [0.2, 0.25) is 5.15 Å². The molecule has 116 valence electrons. The molecule has 0 aliphatic heterocycles. The molecule has 0 N–H and O–H groups in total. The Labute approximate surface area is 134 Å². The van der Waals surface area contributed by atoms with Gasteiger partial charge in [0, 0.05) is 12.4 Å². The Bertz CT molecular complexity index is 641. The average molecular weight is 320 g/mol. The lowest BCUT2D eigenvalue weighted by Crippen LogP contribution is -2.37. The highest BCUT2D eigenvalue weighted by Crippen LogP contribution is 2.20. The van der Waals surface area contributed by atoms with Crippen molar-refractivity contribution in [2.24, 2.45) is 0 Å². The summed E-state index contributed by atoms with van der Waals surface area (Å²) < 4.78 is 5.45. The summed E-state index contributed by atoms with van der Waals surface area (Å²) in [7, 11) is 0. The first-order valence-corrected chi connectivity index (χ1v) is 7.25. The summed E-state index contributed by atoms with van der Waals surface area (Å²) in [5.41, 5.74) is 0.276. The Morgan fingerprint density at radius 1 is 1.27 bits per heavy atom. The van der Waals surface area contributed by atoms with E-state index in [0.717, 1.165) is 5.56 Å². The van der Waals surface area contributed by atoms with Crippen LogP contribution in [0.15, 0.2) is 42.7 Å². The first-order chi connectivity index (χ1) is 10.3. The van der Waals surface area contributed by atoms with Crippen LogP contribution in [0.1, 0.15) is 26.3 Å². The number of nitrogens with zero attached hydrogens (tertiary/aromatic N) is 3. The molecule has 2 aromatic rings. The second-order valence-corrected chi connectivity index (χ2v) is 6.13. The van der Waals surface area contributed by atoms with Gasteiger partial charge < -0.3 is 4.74 Å². The average Bonchev–Trinajstić information content (AvgIpc) is 2.44. The van der Waals surface area contributed by atoms with Gasteiger partial charge in [0.25, 0.3) is 0 Å². The molecule has 0 fully saturated rings. The predicted molar refractivity (Wildman–Crippen MR) is 85.9 cm³/mol. The Balaban J connectivity index is 2.30. The smallest absolute Gasteiger partial charge is 0.416 e. The third-order valence-corrected chi connectivity index (χ3v) is 2.86. The van der Waals surface area contributed by atoms with Gasteiger partial charge in [-0.25, -0.2) is 9.78 Å². The first kappa shape index (κ1) is 16.2. The molecule has 2 rings (SSSR count). The van der Waals surface area contributed by atoms with Gasteiger partial charge in [0.2, 0.25) is 0 Å². The van der Waals surface area contributed by atoms with Crippen molar-refractivity contribution in [2.45, 2.75) is 32.9 Å². The molecule has 5 nitrogen and oxygen atoms in total. The maximum absolute atomic E-state index is 12.5. The number of halogens is 1. The van der Waals surface area contributed by atoms with E-state index >= 15 is 0 Å². The molecule has 1 amide bonds. The van der Waals surface area contributed by atoms with Crippen molar-refractivity contribution in [3.8, 4) is 0 Å². The minimum Gasteiger partial charge on any atom is -0.443 e. The quantitative estimate of drug-likeness (QED) is 0.800. The number of rotatable bonds is 3. The predicted octanol–water partition coefficient (Wildman–Crippen LogP) is 4.07. The van der Waals surface area contributed by atoms with E-state index in [1.165, 1.54) is 4.90 Å². The van der Waals surface area contributed by atoms with E-state index in [0.29, 0.717) is 17.5 Å². The molecule has 0 atom stereocenters. The van der Waals surface area contributed by atoms with Crippen molar-refractivity contribution in [2.75, 3.05) is 4.90 Å². The largest absolute Gasteiger partial charge is 0.443 e. The van der Waals surface area contributed by atoms with Crippen LogP contribution in [0.4, 0.5) is 10.6 Å². The van der Waals surface area contributed by atoms with Gasteiger partial charge in [-0.05, 0) is 44.5 Å². The van der Waals surface area contributed by atoms with Crippen LogP contribution in [0, 0.1) is 0 Å². The monoisotopic (exact) mass is 319 g/mol. The number of carbonyl (C=O) groups excluding carboxylic acids is 1. The molecule has 0 spiro atoms. The summed E-state index contributed by atoms with van der Waals surface area (Å²) in [6.07, 6.45) is 2.90. The van der Waals surface area contributed by atoms with Gasteiger partial charge in [0.05, 0.1) is 6.54 Å². The van der Waals surface area contributed by atoms with Crippen molar-refractivity contribution in [3.05, 3.63) is 53.4 Å². The van der Waals surface area contributed by atoms with Gasteiger partial charge in [-0.15, -0.1) is 0 Å². The Morgan fingerprint density at radius 2 is 2.05 bits per heavy atom. The zero-order valence-corrected chi connectivity index (χ0v) is 13.5. The van der Waals surface area contributed by atoms with Crippen molar-refractivity contribution in [1.82, 2.24) is 9.97 Å². The van der Waals surface area contributed by atoms with E-state index in [-0.39, 0.29) is 0 Å². The topological polar surface area (TPSA) is 55.3 Å². The lowest BCUT2D eigenvalue weighted by atomic mass is 10.2. The normalized spacial score (nSPS) is 11.1. The molecule has 2 heterocycles. The van der Waals surface area contributed by atoms with Crippen LogP contribution in [0.3, 0.4) is 0 Å². The molecule has 0 saturated heterocycles. The van der Waals surface area contributed by atoms with E-state index in [1.54, 1.807) is 30.6 Å². The van der Waals surface area contributed by atoms with Gasteiger partial charge in [-0.3, -0.25) is 9.88 Å². The number of carbonyl (C=O) groups is 1. The summed E-state index contributed by atoms with van der Waals surface area (Å²) in [4.78, 5) is 22.2. The SMILES string of the molecule is CC(C)(C)OC(=O)N(Cc1cccnc1)c1cccc(Cl)n1. The molecular formula is C16H18ClN3O2. The lowest BCUT2D eigenvalue weighted by Gasteiger charge is -2.26. The fraction of sp³-hybridized carbons (Fsp3) is 0.312. The Hall–Kier alpha value is -2.14. The van der Waals surface area contributed by atoms with E-state index in [2.05, 4.69) is 9.97 Å². The van der Waals surface area contributed by atoms with Gasteiger partial charge in [-0.2, -0.15) is 0 Å². The van der Waals surface area contributed by atoms with Crippen LogP contribution in [0.25, 0.3) is 0 Å². The summed E-state index contributed by atoms with van der Waals surface area (Å²) in [5.74, 6) is 0.436. The highest BCUT2D eigenvalue weighted by atomic mass is 35.5. The summed E-state index contributed by atoms with van der Waals surface area (Å²) in [6, 6.07) is 8.81. The number of amides is 1. The second-order valence-electron chi connectivity index (χ2n) is 5.75. The number of aromatic nitrogens is 2. The lowest BCUT2D eigenvalue weighted by molar-refractivity contribution is 0.0576. The van der Waals surface area contributed by atoms with E-state index in [4.69, 9.17) is 16.3 Å². The van der Waals surface area contributed by atoms with Gasteiger partial charge in [-0.1, -0.05) is 23.7 Å². The standard InChI is InChI=1S/C16H18ClN3O2/c1-16(2,3)22-15(21)20(11-12-6-5-9-18-10-12)14-8-4-7-13(17)19-14/h4-10H,11H2,1-3H3. The van der Waals surface area contributed by atoms with E-state index < -0.39 is 11.7 Å². The highest BCUT2D eigenvalue weighted by Gasteiger charge is 2.24. The molecule has 0 unspecified atom stereocenters. The molecule has 0 aliphatic rings. The Morgan fingerprint density at radius 3 is 2.64 bits per heavy atom. The first-order valence-electron chi connectivity index (χ1n) is 6.87. The molecule has 0 radical (unpaired) electrons. The van der Waals surface area contributed by atoms with Crippen LogP contribution in [-0.4, -0.2) is 21.7 Å². The molecule has 0 aromatic carbocycles. The molecule has 0 saturated carbocycles. The Kier molecular flexibility index (Phi) is 4.98. The van der Waals surface area contributed by atoms with Gasteiger partial charge >= 0.3 is 6.09 Å². The zero-order chi connectivity index (χ0) is 16.2. The third-order valence-electron chi connectivity index (χ3n) is 2.65. The number of anilines is 1. The van der Waals surface area contributed by atoms with Crippen molar-refractivity contribution in [3.63, 3.8) is 0 Å². The summed E-state index contributed by atoms with van der Waals surface area (Å²) in [6.45, 7) is 5.76. The van der Waals surface area contributed by atoms with Crippen LogP contribution < -0.4 is 4.90 Å². The fourth-order valence-electron chi connectivity index (χ4n) is 1.78. The molecule has 6 heteroatoms. The van der Waals surface area contributed by atoms with Crippen LogP contribution >= 0.6 is 11.6 Å². The minimum absolute atomic E-state index is 0.302. The molecule has 0 aliphatic carbocycles. The van der Waals surface area contributed by atoms with Crippen molar-refractivity contribution < 1.29 is 9.53 Å². The van der Waals surface area contributed by atoms with Crippen LogP contribution in [0.5, 0.6) is 0 Å². The van der Waals surface area contributed by atoms with Crippen molar-refractivity contribution >= 4 is 23.5 Å². The number of ether oxygens (including phenoxy) is 1. The van der Waals surface area contributed by atoms with E-state index in [9.17, 15) is 4.79 Å². The number of pyridine rings is 2. The third kappa shape index (κ3) is 4.70. The summed E-state index contributed by atoms with van der Waals surface area (Å²) in [5, 5.41) is 0.317. The molecular weight excluding hydrogens is 302 g/mol. The van der Waals surface area contributed by atoms with Gasteiger partial charge in [0.15, 0.2) is 0 Å². The van der Waals surface area contributed by atoms with Crippen LogP contribution in [-0.2, 0) is 11.3 Å². The minimum atomic E-state index is -0.594. The van der Waals surface area contributed by atoms with E-state index in [1.807, 2.05) is 32.9 Å². The fourth-order valence-corrected chi connectivity index (χ4v) is 1.94. The summed E-state index contributed by atoms with van der Waals surface area (Å²) >= 11 is 5.93. The second kappa shape index (κ2) is 6.75. The number of hydrogen-bond acceptors (Lipinski definition) is 4. The van der Waals surface area contributed by atoms with Crippen molar-refractivity contribution in [1.29, 1.82) is 0 Å².